The summed E-state index contributed by atoms with van der Waals surface area (Å²) in [6, 6.07) is 1.23. The van der Waals surface area contributed by atoms with Gasteiger partial charge in [-0.25, -0.2) is 14.4 Å². The van der Waals surface area contributed by atoms with Crippen molar-refractivity contribution in [2.24, 2.45) is 0 Å². The number of hydrogen-bond acceptors (Lipinski definition) is 6. The van der Waals surface area contributed by atoms with Crippen LogP contribution in [0.3, 0.4) is 0 Å². The highest BCUT2D eigenvalue weighted by Gasteiger charge is 2.15. The minimum Gasteiger partial charge on any atom is -0.478 e. The highest BCUT2D eigenvalue weighted by Crippen LogP contribution is 2.20. The first-order chi connectivity index (χ1) is 16.2. The van der Waals surface area contributed by atoms with Gasteiger partial charge in [-0.05, 0) is 64.5 Å². The molecule has 0 aromatic heterocycles. The summed E-state index contributed by atoms with van der Waals surface area (Å²) in [6.07, 6.45) is 3.78. The standard InChI is InChI=1S/C9H18O2Si.2C3H4O2.3C3H10OSi/c1-4-6-12-8(5-2)7(3)9(10)11;2*1-2-3(4)5;3*1-5(2,3)4/h8H,3-6,12H2,1-2H3,(H,10,11);2*2H,1H2,(H,4,5);3*4H,1-3H3. The second kappa shape index (κ2) is 27.4. The summed E-state index contributed by atoms with van der Waals surface area (Å²) in [5, 5.41) is 23.9. The van der Waals surface area contributed by atoms with E-state index in [2.05, 4.69) is 26.7 Å². The largest absolute Gasteiger partial charge is 0.478 e. The Morgan fingerprint density at radius 3 is 1.05 bits per heavy atom. The second-order valence-electron chi connectivity index (χ2n) is 10.7. The van der Waals surface area contributed by atoms with Crippen LogP contribution in [0.2, 0.25) is 70.5 Å². The quantitative estimate of drug-likeness (QED) is 0.169. The van der Waals surface area contributed by atoms with Crippen molar-refractivity contribution in [3.05, 3.63) is 37.5 Å². The molecule has 6 N–H and O–H groups in total. The summed E-state index contributed by atoms with van der Waals surface area (Å²) in [4.78, 5) is 55.1. The number of carboxylic acid groups (broad SMARTS) is 3. The smallest absolute Gasteiger partial charge is 0.330 e. The van der Waals surface area contributed by atoms with Crippen LogP contribution in [-0.4, -0.2) is 82.1 Å². The minimum absolute atomic E-state index is 0.245. The molecule has 0 amide bonds. The van der Waals surface area contributed by atoms with Crippen LogP contribution in [0.4, 0.5) is 0 Å². The lowest BCUT2D eigenvalue weighted by Crippen LogP contribution is -2.17. The highest BCUT2D eigenvalue weighted by atomic mass is 28.4. The van der Waals surface area contributed by atoms with Crippen molar-refractivity contribution in [3.8, 4) is 0 Å². The van der Waals surface area contributed by atoms with E-state index >= 15 is 0 Å². The van der Waals surface area contributed by atoms with Gasteiger partial charge in [0.2, 0.25) is 0 Å². The van der Waals surface area contributed by atoms with Crippen molar-refractivity contribution in [2.45, 2.75) is 97.2 Å². The molecule has 1 atom stereocenters. The van der Waals surface area contributed by atoms with E-state index in [0.29, 0.717) is 11.1 Å². The van der Waals surface area contributed by atoms with Gasteiger partial charge >= 0.3 is 17.9 Å². The molecular weight excluding hydrogens is 545 g/mol. The Morgan fingerprint density at radius 1 is 0.730 bits per heavy atom. The monoisotopic (exact) mass is 600 g/mol. The van der Waals surface area contributed by atoms with E-state index in [0.717, 1.165) is 18.6 Å². The Morgan fingerprint density at radius 2 is 0.946 bits per heavy atom. The number of carboxylic acids is 3. The molecule has 0 fully saturated rings. The van der Waals surface area contributed by atoms with Crippen molar-refractivity contribution in [1.82, 2.24) is 0 Å². The summed E-state index contributed by atoms with van der Waals surface area (Å²) in [6.45, 7) is 30.7. The van der Waals surface area contributed by atoms with Crippen LogP contribution in [0.1, 0.15) is 26.7 Å². The lowest BCUT2D eigenvalue weighted by molar-refractivity contribution is -0.133. The molecule has 0 saturated heterocycles. The normalized spacial score (nSPS) is 11.0. The molecule has 1 unspecified atom stereocenters. The summed E-state index contributed by atoms with van der Waals surface area (Å²) in [7, 11) is -5.08. The number of aliphatic carboxylic acids is 3. The van der Waals surface area contributed by atoms with Gasteiger partial charge in [-0.3, -0.25) is 0 Å². The molecule has 0 radical (unpaired) electrons. The van der Waals surface area contributed by atoms with Crippen molar-refractivity contribution in [2.75, 3.05) is 0 Å². The summed E-state index contributed by atoms with van der Waals surface area (Å²) < 4.78 is 0. The molecule has 222 valence electrons. The molecule has 0 aliphatic rings. The Hall–Kier alpha value is -1.62. The van der Waals surface area contributed by atoms with Gasteiger partial charge in [-0.2, -0.15) is 0 Å². The Bertz CT molecular complexity index is 569. The van der Waals surface area contributed by atoms with E-state index in [1.165, 1.54) is 12.5 Å². The lowest BCUT2D eigenvalue weighted by Gasteiger charge is -2.12. The van der Waals surface area contributed by atoms with E-state index in [4.69, 9.17) is 29.7 Å². The zero-order valence-corrected chi connectivity index (χ0v) is 29.5. The summed E-state index contributed by atoms with van der Waals surface area (Å²) in [5.41, 5.74) is 0.736. The number of hydrogen-bond donors (Lipinski definition) is 6. The van der Waals surface area contributed by atoms with Gasteiger partial charge in [0, 0.05) is 27.2 Å². The predicted molar refractivity (Wildman–Crippen MR) is 167 cm³/mol. The SMILES string of the molecule is C=C(C(=O)O)C(CC)[SiH2]CCC.C=CC(=O)O.C=CC(=O)O.C[Si](C)(C)O.C[Si](C)(C)O.C[Si](C)(C)O. The molecule has 0 heterocycles. The van der Waals surface area contributed by atoms with E-state index in [1.54, 1.807) is 0 Å². The fourth-order valence-electron chi connectivity index (χ4n) is 1.25. The zero-order chi connectivity index (χ0) is 31.6. The fourth-order valence-corrected chi connectivity index (χ4v) is 3.08. The van der Waals surface area contributed by atoms with Crippen molar-refractivity contribution in [1.29, 1.82) is 0 Å². The van der Waals surface area contributed by atoms with Crippen LogP contribution < -0.4 is 0 Å². The predicted octanol–water partition coefficient (Wildman–Crippen LogP) is 4.78. The first-order valence-electron chi connectivity index (χ1n) is 12.0. The van der Waals surface area contributed by atoms with Crippen LogP contribution in [0.5, 0.6) is 0 Å². The van der Waals surface area contributed by atoms with Gasteiger partial charge in [0.25, 0.3) is 0 Å². The molecule has 37 heavy (non-hydrogen) atoms. The van der Waals surface area contributed by atoms with Crippen LogP contribution in [0.25, 0.3) is 0 Å². The van der Waals surface area contributed by atoms with Gasteiger partial charge in [-0.1, -0.05) is 52.5 Å². The summed E-state index contributed by atoms with van der Waals surface area (Å²) >= 11 is 0. The molecule has 0 aliphatic carbocycles. The average molecular weight is 601 g/mol. The van der Waals surface area contributed by atoms with E-state index < -0.39 is 42.9 Å². The van der Waals surface area contributed by atoms with Crippen LogP contribution in [0.15, 0.2) is 37.5 Å². The Balaban J connectivity index is -0.0000000825. The number of rotatable bonds is 8. The van der Waals surface area contributed by atoms with E-state index in [1.807, 2.05) is 65.8 Å². The lowest BCUT2D eigenvalue weighted by atomic mass is 10.2. The van der Waals surface area contributed by atoms with Crippen LogP contribution in [0, 0.1) is 0 Å². The third kappa shape index (κ3) is 134. The topological polar surface area (TPSA) is 173 Å². The van der Waals surface area contributed by atoms with E-state index in [-0.39, 0.29) is 9.52 Å². The van der Waals surface area contributed by atoms with Crippen molar-refractivity contribution < 1.29 is 44.1 Å². The van der Waals surface area contributed by atoms with Crippen molar-refractivity contribution in [3.63, 3.8) is 0 Å². The zero-order valence-electron chi connectivity index (χ0n) is 25.1. The molecule has 0 rings (SSSR count). The summed E-state index contributed by atoms with van der Waals surface area (Å²) in [5.74, 6) is -2.78. The van der Waals surface area contributed by atoms with Gasteiger partial charge in [0.15, 0.2) is 25.0 Å². The molecule has 0 aliphatic heterocycles. The van der Waals surface area contributed by atoms with Gasteiger partial charge < -0.3 is 29.7 Å². The Labute approximate surface area is 230 Å². The second-order valence-corrected chi connectivity index (χ2v) is 26.0. The van der Waals surface area contributed by atoms with Gasteiger partial charge in [0.1, 0.15) is 0 Å². The Kier molecular flexibility index (Phi) is 35.9. The van der Waals surface area contributed by atoms with Crippen molar-refractivity contribution >= 4 is 52.4 Å². The fraction of sp³-hybridized carbons (Fsp3) is 0.625. The van der Waals surface area contributed by atoms with Crippen LogP contribution >= 0.6 is 0 Å². The maximum atomic E-state index is 10.6. The average Bonchev–Trinajstić information content (AvgIpc) is 2.65. The minimum atomic E-state index is -1.61. The first kappa shape index (κ1) is 48.4. The molecule has 0 saturated carbocycles. The number of carbonyl (C=O) groups is 3. The maximum absolute atomic E-state index is 10.6. The molecule has 0 spiro atoms. The third-order valence-electron chi connectivity index (χ3n) is 2.52. The third-order valence-corrected chi connectivity index (χ3v) is 5.40. The maximum Gasteiger partial charge on any atom is 0.330 e. The molecule has 0 aromatic rings. The van der Waals surface area contributed by atoms with Gasteiger partial charge in [-0.15, -0.1) is 0 Å². The van der Waals surface area contributed by atoms with Gasteiger partial charge in [0.05, 0.1) is 0 Å². The van der Waals surface area contributed by atoms with Crippen LogP contribution in [-0.2, 0) is 14.4 Å². The molecule has 13 heteroatoms. The molecule has 0 aromatic carbocycles. The molecule has 9 nitrogen and oxygen atoms in total. The molecule has 0 bridgehead atoms. The first-order valence-corrected chi connectivity index (χ1v) is 24.1. The van der Waals surface area contributed by atoms with E-state index in [9.17, 15) is 14.4 Å². The highest BCUT2D eigenvalue weighted by molar-refractivity contribution is 6.68. The molecular formula is C24H56O9Si4.